The molecule has 25 heavy (non-hydrogen) atoms. The summed E-state index contributed by atoms with van der Waals surface area (Å²) >= 11 is 1.32. The molecule has 2 aromatic carbocycles. The highest BCUT2D eigenvalue weighted by molar-refractivity contribution is 7.22. The van der Waals surface area contributed by atoms with Gasteiger partial charge in [0.1, 0.15) is 11.3 Å². The van der Waals surface area contributed by atoms with Gasteiger partial charge in [-0.1, -0.05) is 17.4 Å². The van der Waals surface area contributed by atoms with Gasteiger partial charge in [0.2, 0.25) is 11.8 Å². The number of aromatic nitrogens is 1. The van der Waals surface area contributed by atoms with Crippen molar-refractivity contribution in [3.63, 3.8) is 0 Å². The molecule has 1 heterocycles. The predicted octanol–water partition coefficient (Wildman–Crippen LogP) is 2.61. The number of amides is 2. The average Bonchev–Trinajstić information content (AvgIpc) is 3.01. The Labute approximate surface area is 147 Å². The zero-order valence-electron chi connectivity index (χ0n) is 13.3. The third kappa shape index (κ3) is 3.74. The number of fused-ring (bicyclic) bond motifs is 1. The van der Waals surface area contributed by atoms with E-state index in [0.717, 1.165) is 4.70 Å². The summed E-state index contributed by atoms with van der Waals surface area (Å²) in [6, 6.07) is 11.1. The molecule has 3 aromatic rings. The molecule has 0 saturated heterocycles. The number of anilines is 2. The highest BCUT2D eigenvalue weighted by atomic mass is 32.1. The number of para-hydroxylation sites is 1. The van der Waals surface area contributed by atoms with Crippen molar-refractivity contribution in [2.45, 2.75) is 0 Å². The number of halogens is 1. The molecule has 0 saturated carbocycles. The number of nitrogens with one attached hydrogen (secondary N) is 1. The number of carbonyl (C=O) groups is 2. The van der Waals surface area contributed by atoms with Gasteiger partial charge in [0.15, 0.2) is 5.13 Å². The number of nitrogens with zero attached hydrogens (tertiary/aromatic N) is 2. The van der Waals surface area contributed by atoms with Crippen molar-refractivity contribution in [3.8, 4) is 0 Å². The molecule has 0 fully saturated rings. The van der Waals surface area contributed by atoms with Gasteiger partial charge in [-0.2, -0.15) is 0 Å². The Kier molecular flexibility index (Phi) is 4.62. The fourth-order valence-electron chi connectivity index (χ4n) is 2.27. The first-order valence-electron chi connectivity index (χ1n) is 7.40. The van der Waals surface area contributed by atoms with E-state index in [4.69, 9.17) is 5.73 Å². The Bertz CT molecular complexity index is 939. The van der Waals surface area contributed by atoms with Crippen molar-refractivity contribution in [2.75, 3.05) is 23.8 Å². The summed E-state index contributed by atoms with van der Waals surface area (Å²) in [4.78, 5) is 29.1. The maximum Gasteiger partial charge on any atom is 0.248 e. The lowest BCUT2D eigenvalue weighted by Crippen LogP contribution is -2.30. The Hall–Kier alpha value is -3.00. The summed E-state index contributed by atoms with van der Waals surface area (Å²) in [7, 11) is 1.71. The fraction of sp³-hybridized carbons (Fsp3) is 0.118. The van der Waals surface area contributed by atoms with E-state index in [0.29, 0.717) is 21.9 Å². The van der Waals surface area contributed by atoms with Crippen LogP contribution in [-0.2, 0) is 4.79 Å². The smallest absolute Gasteiger partial charge is 0.248 e. The Balaban J connectivity index is 1.67. The Morgan fingerprint density at radius 1 is 1.24 bits per heavy atom. The molecule has 0 radical (unpaired) electrons. The maximum absolute atomic E-state index is 13.7. The van der Waals surface area contributed by atoms with Gasteiger partial charge in [0, 0.05) is 18.3 Å². The average molecular weight is 358 g/mol. The third-order valence-corrected chi connectivity index (χ3v) is 4.65. The number of hydrogen-bond donors (Lipinski definition) is 2. The van der Waals surface area contributed by atoms with Gasteiger partial charge in [-0.15, -0.1) is 0 Å². The van der Waals surface area contributed by atoms with Crippen LogP contribution in [0.4, 0.5) is 15.2 Å². The van der Waals surface area contributed by atoms with Crippen molar-refractivity contribution in [1.29, 1.82) is 0 Å². The molecule has 0 aliphatic heterocycles. The van der Waals surface area contributed by atoms with E-state index in [1.54, 1.807) is 36.2 Å². The van der Waals surface area contributed by atoms with Crippen molar-refractivity contribution in [1.82, 2.24) is 4.98 Å². The number of hydrogen-bond acceptors (Lipinski definition) is 5. The number of benzene rings is 2. The summed E-state index contributed by atoms with van der Waals surface area (Å²) in [6.07, 6.45) is 0. The number of likely N-dealkylation sites (N-methyl/N-ethyl adjacent to an activating group) is 1. The molecule has 3 rings (SSSR count). The van der Waals surface area contributed by atoms with E-state index in [9.17, 15) is 14.0 Å². The summed E-state index contributed by atoms with van der Waals surface area (Å²) in [5, 5.41) is 3.28. The van der Waals surface area contributed by atoms with Crippen LogP contribution in [0.3, 0.4) is 0 Å². The minimum atomic E-state index is -0.527. The molecule has 2 amide bonds. The first-order valence-corrected chi connectivity index (χ1v) is 8.21. The van der Waals surface area contributed by atoms with Crippen LogP contribution in [-0.4, -0.2) is 30.4 Å². The van der Waals surface area contributed by atoms with Crippen LogP contribution in [0.1, 0.15) is 10.4 Å². The van der Waals surface area contributed by atoms with Gasteiger partial charge < -0.3 is 16.0 Å². The number of thiazole rings is 1. The largest absolute Gasteiger partial charge is 0.366 e. The zero-order valence-corrected chi connectivity index (χ0v) is 14.1. The highest BCUT2D eigenvalue weighted by Gasteiger charge is 2.14. The number of carbonyl (C=O) groups excluding carboxylic acids is 2. The van der Waals surface area contributed by atoms with E-state index >= 15 is 0 Å². The van der Waals surface area contributed by atoms with E-state index in [1.807, 2.05) is 0 Å². The Morgan fingerprint density at radius 2 is 1.96 bits per heavy atom. The lowest BCUT2D eigenvalue weighted by atomic mass is 10.2. The van der Waals surface area contributed by atoms with Crippen molar-refractivity contribution in [3.05, 3.63) is 53.8 Å². The fourth-order valence-corrected chi connectivity index (χ4v) is 3.21. The molecule has 128 valence electrons. The van der Waals surface area contributed by atoms with Gasteiger partial charge in [-0.3, -0.25) is 9.59 Å². The Morgan fingerprint density at radius 3 is 2.60 bits per heavy atom. The topological polar surface area (TPSA) is 88.3 Å². The molecular formula is C17H15FN4O2S. The van der Waals surface area contributed by atoms with Gasteiger partial charge in [0.25, 0.3) is 0 Å². The molecule has 3 N–H and O–H groups in total. The van der Waals surface area contributed by atoms with Crippen LogP contribution in [0, 0.1) is 5.82 Å². The van der Waals surface area contributed by atoms with Crippen LogP contribution in [0.5, 0.6) is 0 Å². The molecule has 0 spiro atoms. The van der Waals surface area contributed by atoms with E-state index < -0.39 is 5.91 Å². The molecule has 0 aliphatic carbocycles. The van der Waals surface area contributed by atoms with Crippen LogP contribution >= 0.6 is 11.3 Å². The van der Waals surface area contributed by atoms with E-state index in [-0.39, 0.29) is 18.3 Å². The summed E-state index contributed by atoms with van der Waals surface area (Å²) in [5.41, 5.74) is 6.40. The standard InChI is InChI=1S/C17H15FN4O2S/c1-22(17-21-15-12(18)3-2-4-13(15)25-17)9-14(23)20-11-7-5-10(6-8-11)16(19)24/h2-8H,9H2,1H3,(H2,19,24)(H,20,23). The van der Waals surface area contributed by atoms with E-state index in [2.05, 4.69) is 10.3 Å². The molecule has 0 atom stereocenters. The third-order valence-electron chi connectivity index (χ3n) is 3.52. The molecule has 8 heteroatoms. The van der Waals surface area contributed by atoms with Gasteiger partial charge in [-0.05, 0) is 36.4 Å². The first kappa shape index (κ1) is 16.8. The molecule has 0 bridgehead atoms. The number of primary amides is 1. The molecular weight excluding hydrogens is 343 g/mol. The molecule has 0 unspecified atom stereocenters. The van der Waals surface area contributed by atoms with Crippen LogP contribution in [0.25, 0.3) is 10.2 Å². The summed E-state index contributed by atoms with van der Waals surface area (Å²) in [6.45, 7) is 0.0546. The lowest BCUT2D eigenvalue weighted by Gasteiger charge is -2.15. The SMILES string of the molecule is CN(CC(=O)Nc1ccc(C(N)=O)cc1)c1nc2c(F)cccc2s1. The first-order chi connectivity index (χ1) is 11.9. The summed E-state index contributed by atoms with van der Waals surface area (Å²) < 4.78 is 14.4. The van der Waals surface area contributed by atoms with Crippen LogP contribution in [0.2, 0.25) is 0 Å². The number of nitrogens with two attached hydrogens (primary N) is 1. The second kappa shape index (κ2) is 6.86. The normalized spacial score (nSPS) is 10.6. The monoisotopic (exact) mass is 358 g/mol. The number of rotatable bonds is 5. The minimum Gasteiger partial charge on any atom is -0.366 e. The minimum absolute atomic E-state index is 0.0546. The quantitative estimate of drug-likeness (QED) is 0.734. The second-order valence-corrected chi connectivity index (χ2v) is 6.44. The maximum atomic E-state index is 13.7. The molecule has 6 nitrogen and oxygen atoms in total. The van der Waals surface area contributed by atoms with Crippen molar-refractivity contribution < 1.29 is 14.0 Å². The second-order valence-electron chi connectivity index (χ2n) is 5.43. The van der Waals surface area contributed by atoms with Gasteiger partial charge in [-0.25, -0.2) is 9.37 Å². The molecule has 1 aromatic heterocycles. The predicted molar refractivity (Wildman–Crippen MR) is 96.4 cm³/mol. The highest BCUT2D eigenvalue weighted by Crippen LogP contribution is 2.29. The van der Waals surface area contributed by atoms with Gasteiger partial charge in [0.05, 0.1) is 11.2 Å². The van der Waals surface area contributed by atoms with Crippen LogP contribution in [0.15, 0.2) is 42.5 Å². The van der Waals surface area contributed by atoms with E-state index in [1.165, 1.54) is 29.5 Å². The van der Waals surface area contributed by atoms with Crippen LogP contribution < -0.4 is 16.0 Å². The van der Waals surface area contributed by atoms with Crippen molar-refractivity contribution in [2.24, 2.45) is 5.73 Å². The van der Waals surface area contributed by atoms with Gasteiger partial charge >= 0.3 is 0 Å². The summed E-state index contributed by atoms with van der Waals surface area (Å²) in [5.74, 6) is -1.16. The molecule has 0 aliphatic rings. The van der Waals surface area contributed by atoms with Crippen molar-refractivity contribution >= 4 is 44.2 Å². The zero-order chi connectivity index (χ0) is 18.0. The lowest BCUT2D eigenvalue weighted by molar-refractivity contribution is -0.114.